The van der Waals surface area contributed by atoms with Crippen LogP contribution in [0.15, 0.2) is 10.9 Å². The Balaban J connectivity index is 1.60. The Morgan fingerprint density at radius 2 is 2.25 bits per heavy atom. The fourth-order valence-electron chi connectivity index (χ4n) is 2.32. The molecular formula is C13H23N5O2. The minimum Gasteiger partial charge on any atom is -0.348 e. The number of hydrogen-bond acceptors (Lipinski definition) is 6. The number of carbonyl (C=O) groups is 1. The van der Waals surface area contributed by atoms with Crippen molar-refractivity contribution in [2.45, 2.75) is 25.3 Å². The van der Waals surface area contributed by atoms with Gasteiger partial charge >= 0.3 is 0 Å². The number of likely N-dealkylation sites (tertiary alicyclic amines) is 1. The van der Waals surface area contributed by atoms with Gasteiger partial charge in [0.05, 0.1) is 6.54 Å². The first-order chi connectivity index (χ1) is 9.65. The molecule has 0 spiro atoms. The Hall–Kier alpha value is -1.47. The summed E-state index contributed by atoms with van der Waals surface area (Å²) in [5, 5.41) is 7.09. The SMILES string of the molecule is CN(C)C(=O)CN1CCC(NCCc2ncno2)CC1. The lowest BCUT2D eigenvalue weighted by Crippen LogP contribution is -2.46. The molecule has 112 valence electrons. The van der Waals surface area contributed by atoms with Gasteiger partial charge in [0.25, 0.3) is 0 Å². The maximum atomic E-state index is 11.6. The fourth-order valence-corrected chi connectivity index (χ4v) is 2.32. The molecule has 2 rings (SSSR count). The second-order valence-corrected chi connectivity index (χ2v) is 5.38. The molecule has 1 aliphatic heterocycles. The molecule has 20 heavy (non-hydrogen) atoms. The molecule has 1 N–H and O–H groups in total. The summed E-state index contributed by atoms with van der Waals surface area (Å²) in [4.78, 5) is 19.5. The summed E-state index contributed by atoms with van der Waals surface area (Å²) >= 11 is 0. The van der Waals surface area contributed by atoms with Crippen molar-refractivity contribution in [1.29, 1.82) is 0 Å². The maximum absolute atomic E-state index is 11.6. The summed E-state index contributed by atoms with van der Waals surface area (Å²) in [5.74, 6) is 0.847. The van der Waals surface area contributed by atoms with Crippen LogP contribution in [0.2, 0.25) is 0 Å². The first kappa shape index (κ1) is 14.9. The van der Waals surface area contributed by atoms with E-state index >= 15 is 0 Å². The predicted molar refractivity (Wildman–Crippen MR) is 74.2 cm³/mol. The molecule has 1 amide bonds. The normalized spacial score (nSPS) is 17.3. The number of piperidine rings is 1. The van der Waals surface area contributed by atoms with Gasteiger partial charge < -0.3 is 14.7 Å². The van der Waals surface area contributed by atoms with E-state index < -0.39 is 0 Å². The molecule has 0 saturated carbocycles. The van der Waals surface area contributed by atoms with E-state index in [-0.39, 0.29) is 5.91 Å². The zero-order chi connectivity index (χ0) is 14.4. The Morgan fingerprint density at radius 3 is 2.85 bits per heavy atom. The Kier molecular flexibility index (Phi) is 5.49. The van der Waals surface area contributed by atoms with Crippen LogP contribution in [0.25, 0.3) is 0 Å². The lowest BCUT2D eigenvalue weighted by Gasteiger charge is -2.32. The lowest BCUT2D eigenvalue weighted by atomic mass is 10.0. The summed E-state index contributed by atoms with van der Waals surface area (Å²) in [6.07, 6.45) is 4.34. The van der Waals surface area contributed by atoms with Crippen LogP contribution in [0.1, 0.15) is 18.7 Å². The van der Waals surface area contributed by atoms with Crippen LogP contribution in [0.4, 0.5) is 0 Å². The van der Waals surface area contributed by atoms with Gasteiger partial charge in [0, 0.05) is 46.2 Å². The Bertz CT molecular complexity index is 399. The van der Waals surface area contributed by atoms with Gasteiger partial charge in [-0.2, -0.15) is 4.98 Å². The molecule has 1 aromatic rings. The summed E-state index contributed by atoms with van der Waals surface area (Å²) in [7, 11) is 3.60. The lowest BCUT2D eigenvalue weighted by molar-refractivity contribution is -0.130. The third-order valence-electron chi connectivity index (χ3n) is 3.62. The molecule has 7 heteroatoms. The van der Waals surface area contributed by atoms with Gasteiger partial charge in [-0.3, -0.25) is 9.69 Å². The van der Waals surface area contributed by atoms with Crippen molar-refractivity contribution in [1.82, 2.24) is 25.3 Å². The standard InChI is InChI=1S/C13H23N5O2/c1-17(2)13(19)9-18-7-4-11(5-8-18)14-6-3-12-15-10-16-20-12/h10-11,14H,3-9H2,1-2H3. The van der Waals surface area contributed by atoms with E-state index in [2.05, 4.69) is 20.4 Å². The van der Waals surface area contributed by atoms with E-state index in [1.54, 1.807) is 19.0 Å². The van der Waals surface area contributed by atoms with E-state index in [1.165, 1.54) is 6.33 Å². The van der Waals surface area contributed by atoms with Crippen molar-refractivity contribution < 1.29 is 9.32 Å². The van der Waals surface area contributed by atoms with Gasteiger partial charge in [0.15, 0.2) is 6.33 Å². The summed E-state index contributed by atoms with van der Waals surface area (Å²) in [6, 6.07) is 0.517. The van der Waals surface area contributed by atoms with Crippen LogP contribution in [-0.4, -0.2) is 72.2 Å². The van der Waals surface area contributed by atoms with Crippen LogP contribution in [0, 0.1) is 0 Å². The molecule has 1 aromatic heterocycles. The number of carbonyl (C=O) groups excluding carboxylic acids is 1. The van der Waals surface area contributed by atoms with Gasteiger partial charge in [-0.05, 0) is 12.8 Å². The van der Waals surface area contributed by atoms with E-state index in [4.69, 9.17) is 4.52 Å². The minimum absolute atomic E-state index is 0.174. The molecular weight excluding hydrogens is 258 g/mol. The fraction of sp³-hybridized carbons (Fsp3) is 0.769. The average molecular weight is 281 g/mol. The predicted octanol–water partition coefficient (Wildman–Crippen LogP) is -0.246. The number of nitrogens with one attached hydrogen (secondary N) is 1. The third-order valence-corrected chi connectivity index (χ3v) is 3.62. The van der Waals surface area contributed by atoms with E-state index in [9.17, 15) is 4.79 Å². The zero-order valence-electron chi connectivity index (χ0n) is 12.2. The van der Waals surface area contributed by atoms with Gasteiger partial charge in [-0.15, -0.1) is 0 Å². The van der Waals surface area contributed by atoms with Gasteiger partial charge in [0.2, 0.25) is 11.8 Å². The molecule has 0 atom stereocenters. The molecule has 0 aromatic carbocycles. The van der Waals surface area contributed by atoms with Crippen LogP contribution in [0.5, 0.6) is 0 Å². The van der Waals surface area contributed by atoms with Crippen molar-refractivity contribution >= 4 is 5.91 Å². The molecule has 0 unspecified atom stereocenters. The molecule has 1 aliphatic rings. The first-order valence-corrected chi connectivity index (χ1v) is 7.06. The summed E-state index contributed by atoms with van der Waals surface area (Å²) in [6.45, 7) is 3.32. The highest BCUT2D eigenvalue weighted by Gasteiger charge is 2.20. The van der Waals surface area contributed by atoms with Gasteiger partial charge in [-0.1, -0.05) is 5.16 Å². The van der Waals surface area contributed by atoms with Crippen molar-refractivity contribution in [3.05, 3.63) is 12.2 Å². The number of amides is 1. The maximum Gasteiger partial charge on any atom is 0.236 e. The third kappa shape index (κ3) is 4.57. The molecule has 2 heterocycles. The highest BCUT2D eigenvalue weighted by atomic mass is 16.5. The molecule has 0 radical (unpaired) electrons. The van der Waals surface area contributed by atoms with E-state index in [1.807, 2.05) is 0 Å². The second kappa shape index (κ2) is 7.35. The largest absolute Gasteiger partial charge is 0.348 e. The van der Waals surface area contributed by atoms with E-state index in [0.29, 0.717) is 18.5 Å². The number of nitrogens with zero attached hydrogens (tertiary/aromatic N) is 4. The van der Waals surface area contributed by atoms with Crippen LogP contribution in [-0.2, 0) is 11.2 Å². The van der Waals surface area contributed by atoms with Crippen molar-refractivity contribution in [2.75, 3.05) is 40.3 Å². The van der Waals surface area contributed by atoms with Gasteiger partial charge in [-0.25, -0.2) is 0 Å². The van der Waals surface area contributed by atoms with Crippen molar-refractivity contribution in [2.24, 2.45) is 0 Å². The Labute approximate surface area is 119 Å². The number of hydrogen-bond donors (Lipinski definition) is 1. The molecule has 0 bridgehead atoms. The van der Waals surface area contributed by atoms with E-state index in [0.717, 1.165) is 38.9 Å². The smallest absolute Gasteiger partial charge is 0.236 e. The minimum atomic E-state index is 0.174. The zero-order valence-corrected chi connectivity index (χ0v) is 12.2. The first-order valence-electron chi connectivity index (χ1n) is 7.06. The topological polar surface area (TPSA) is 74.5 Å². The Morgan fingerprint density at radius 1 is 1.50 bits per heavy atom. The number of aromatic nitrogens is 2. The molecule has 0 aliphatic carbocycles. The summed E-state index contributed by atoms with van der Waals surface area (Å²) < 4.78 is 4.95. The number of likely N-dealkylation sites (N-methyl/N-ethyl adjacent to an activating group) is 1. The average Bonchev–Trinajstić information content (AvgIpc) is 2.94. The van der Waals surface area contributed by atoms with Gasteiger partial charge in [0.1, 0.15) is 0 Å². The van der Waals surface area contributed by atoms with Crippen molar-refractivity contribution in [3.8, 4) is 0 Å². The summed E-state index contributed by atoms with van der Waals surface area (Å²) in [5.41, 5.74) is 0. The molecule has 1 saturated heterocycles. The van der Waals surface area contributed by atoms with Crippen LogP contribution < -0.4 is 5.32 Å². The highest BCUT2D eigenvalue weighted by molar-refractivity contribution is 5.77. The van der Waals surface area contributed by atoms with Crippen LogP contribution >= 0.6 is 0 Å². The molecule has 1 fully saturated rings. The van der Waals surface area contributed by atoms with Crippen molar-refractivity contribution in [3.63, 3.8) is 0 Å². The monoisotopic (exact) mass is 281 g/mol. The van der Waals surface area contributed by atoms with Crippen LogP contribution in [0.3, 0.4) is 0 Å². The quantitative estimate of drug-likeness (QED) is 0.775. The highest BCUT2D eigenvalue weighted by Crippen LogP contribution is 2.10. The second-order valence-electron chi connectivity index (χ2n) is 5.38. The molecule has 7 nitrogen and oxygen atoms in total. The number of rotatable bonds is 6.